The molecule has 1 heterocycles. The second-order valence-electron chi connectivity index (χ2n) is 4.35. The zero-order valence-electron chi connectivity index (χ0n) is 10.1. The average molecular weight is 238 g/mol. The van der Waals surface area contributed by atoms with Crippen LogP contribution in [0, 0.1) is 6.92 Å². The van der Waals surface area contributed by atoms with Crippen LogP contribution in [0.15, 0.2) is 48.7 Å². The van der Waals surface area contributed by atoms with E-state index in [9.17, 15) is 0 Å². The summed E-state index contributed by atoms with van der Waals surface area (Å²) in [5.74, 6) is 1.66. The number of nitrogens with one attached hydrogen (secondary N) is 1. The van der Waals surface area contributed by atoms with Gasteiger partial charge < -0.3 is 15.5 Å². The van der Waals surface area contributed by atoms with Crippen molar-refractivity contribution in [2.45, 2.75) is 6.92 Å². The summed E-state index contributed by atoms with van der Waals surface area (Å²) < 4.78 is 5.87. The van der Waals surface area contributed by atoms with Crippen molar-refractivity contribution in [3.8, 4) is 11.5 Å². The van der Waals surface area contributed by atoms with Gasteiger partial charge in [0.1, 0.15) is 11.5 Å². The number of hydrogen-bond acceptors (Lipinski definition) is 2. The summed E-state index contributed by atoms with van der Waals surface area (Å²) in [4.78, 5) is 3.16. The van der Waals surface area contributed by atoms with E-state index in [-0.39, 0.29) is 0 Å². The Morgan fingerprint density at radius 2 is 1.94 bits per heavy atom. The lowest BCUT2D eigenvalue weighted by Gasteiger charge is -2.09. The van der Waals surface area contributed by atoms with E-state index in [0.29, 0.717) is 0 Å². The van der Waals surface area contributed by atoms with Crippen molar-refractivity contribution in [3.63, 3.8) is 0 Å². The van der Waals surface area contributed by atoms with Crippen molar-refractivity contribution in [3.05, 3.63) is 54.2 Å². The first-order valence-corrected chi connectivity index (χ1v) is 5.83. The number of aromatic nitrogens is 1. The summed E-state index contributed by atoms with van der Waals surface area (Å²) in [6.07, 6.45) is 1.92. The normalized spacial score (nSPS) is 10.7. The van der Waals surface area contributed by atoms with Gasteiger partial charge in [0.05, 0.1) is 0 Å². The van der Waals surface area contributed by atoms with Crippen molar-refractivity contribution >= 4 is 16.6 Å². The smallest absolute Gasteiger partial charge is 0.130 e. The van der Waals surface area contributed by atoms with Crippen molar-refractivity contribution in [1.29, 1.82) is 0 Å². The molecule has 0 radical (unpaired) electrons. The van der Waals surface area contributed by atoms with E-state index in [4.69, 9.17) is 10.5 Å². The lowest BCUT2D eigenvalue weighted by Crippen LogP contribution is -1.90. The summed E-state index contributed by atoms with van der Waals surface area (Å²) in [7, 11) is 0. The van der Waals surface area contributed by atoms with Gasteiger partial charge >= 0.3 is 0 Å². The molecule has 18 heavy (non-hydrogen) atoms. The van der Waals surface area contributed by atoms with Crippen LogP contribution in [-0.4, -0.2) is 4.98 Å². The van der Waals surface area contributed by atoms with Gasteiger partial charge in [-0.1, -0.05) is 0 Å². The standard InChI is InChI=1S/C15H14N2O/c1-10-8-12(16)2-5-15(10)18-13-3-4-14-11(9-13)6-7-17-14/h2-9,17H,16H2,1H3. The van der Waals surface area contributed by atoms with E-state index in [1.54, 1.807) is 0 Å². The average Bonchev–Trinajstić information content (AvgIpc) is 2.80. The fourth-order valence-corrected chi connectivity index (χ4v) is 2.01. The molecule has 1 aromatic heterocycles. The number of aromatic amines is 1. The van der Waals surface area contributed by atoms with Crippen molar-refractivity contribution < 1.29 is 4.74 Å². The molecule has 0 saturated carbocycles. The van der Waals surface area contributed by atoms with E-state index in [2.05, 4.69) is 4.98 Å². The zero-order chi connectivity index (χ0) is 12.5. The van der Waals surface area contributed by atoms with E-state index >= 15 is 0 Å². The van der Waals surface area contributed by atoms with Crippen LogP contribution < -0.4 is 10.5 Å². The minimum absolute atomic E-state index is 0.751. The Balaban J connectivity index is 1.95. The number of hydrogen-bond donors (Lipinski definition) is 2. The van der Waals surface area contributed by atoms with E-state index < -0.39 is 0 Å². The van der Waals surface area contributed by atoms with Crippen LogP contribution in [0.1, 0.15) is 5.56 Å². The molecule has 2 aromatic carbocycles. The first-order valence-electron chi connectivity index (χ1n) is 5.83. The number of H-pyrrole nitrogens is 1. The molecule has 0 amide bonds. The third-order valence-corrected chi connectivity index (χ3v) is 2.95. The van der Waals surface area contributed by atoms with Crippen LogP contribution in [0.4, 0.5) is 5.69 Å². The van der Waals surface area contributed by atoms with Gasteiger partial charge in [-0.05, 0) is 55.0 Å². The van der Waals surface area contributed by atoms with Crippen LogP contribution in [-0.2, 0) is 0 Å². The molecular weight excluding hydrogens is 224 g/mol. The zero-order valence-corrected chi connectivity index (χ0v) is 10.1. The molecule has 0 saturated heterocycles. The van der Waals surface area contributed by atoms with Gasteiger partial charge in [-0.2, -0.15) is 0 Å². The monoisotopic (exact) mass is 238 g/mol. The fourth-order valence-electron chi connectivity index (χ4n) is 2.01. The molecule has 3 rings (SSSR count). The quantitative estimate of drug-likeness (QED) is 0.666. The van der Waals surface area contributed by atoms with E-state index in [0.717, 1.165) is 33.7 Å². The molecule has 3 nitrogen and oxygen atoms in total. The number of benzene rings is 2. The van der Waals surface area contributed by atoms with Crippen LogP contribution in [0.5, 0.6) is 11.5 Å². The molecule has 0 fully saturated rings. The molecule has 0 unspecified atom stereocenters. The number of anilines is 1. The third-order valence-electron chi connectivity index (χ3n) is 2.95. The van der Waals surface area contributed by atoms with Crippen molar-refractivity contribution in [2.75, 3.05) is 5.73 Å². The van der Waals surface area contributed by atoms with Gasteiger partial charge in [-0.25, -0.2) is 0 Å². The maximum absolute atomic E-state index is 5.87. The van der Waals surface area contributed by atoms with Gasteiger partial charge in [0.15, 0.2) is 0 Å². The highest BCUT2D eigenvalue weighted by atomic mass is 16.5. The highest BCUT2D eigenvalue weighted by Crippen LogP contribution is 2.28. The highest BCUT2D eigenvalue weighted by molar-refractivity contribution is 5.80. The molecule has 0 atom stereocenters. The first kappa shape index (κ1) is 10.7. The molecule has 0 aliphatic carbocycles. The van der Waals surface area contributed by atoms with Gasteiger partial charge in [0.25, 0.3) is 0 Å². The largest absolute Gasteiger partial charge is 0.457 e. The number of nitrogen functional groups attached to an aromatic ring is 1. The van der Waals surface area contributed by atoms with Crippen molar-refractivity contribution in [1.82, 2.24) is 4.98 Å². The number of ether oxygens (including phenoxy) is 1. The lowest BCUT2D eigenvalue weighted by atomic mass is 10.2. The van der Waals surface area contributed by atoms with E-state index in [1.165, 1.54) is 0 Å². The summed E-state index contributed by atoms with van der Waals surface area (Å²) in [5.41, 5.74) is 8.61. The summed E-state index contributed by atoms with van der Waals surface area (Å²) in [6, 6.07) is 13.7. The molecule has 3 heteroatoms. The summed E-state index contributed by atoms with van der Waals surface area (Å²) in [6.45, 7) is 1.99. The molecule has 90 valence electrons. The fraction of sp³-hybridized carbons (Fsp3) is 0.0667. The maximum Gasteiger partial charge on any atom is 0.130 e. The Kier molecular flexibility index (Phi) is 2.45. The topological polar surface area (TPSA) is 51.0 Å². The number of nitrogens with two attached hydrogens (primary N) is 1. The van der Waals surface area contributed by atoms with Crippen molar-refractivity contribution in [2.24, 2.45) is 0 Å². The number of aryl methyl sites for hydroxylation is 1. The van der Waals surface area contributed by atoms with Crippen LogP contribution in [0.3, 0.4) is 0 Å². The molecule has 3 aromatic rings. The molecule has 0 spiro atoms. The molecule has 3 N–H and O–H groups in total. The minimum Gasteiger partial charge on any atom is -0.457 e. The molecule has 0 aliphatic rings. The SMILES string of the molecule is Cc1cc(N)ccc1Oc1ccc2[nH]ccc2c1. The Labute approximate surface area is 105 Å². The minimum atomic E-state index is 0.751. The number of fused-ring (bicyclic) bond motifs is 1. The Morgan fingerprint density at radius 1 is 1.06 bits per heavy atom. The van der Waals surface area contributed by atoms with Gasteiger partial charge in [-0.3, -0.25) is 0 Å². The predicted molar refractivity (Wildman–Crippen MR) is 74.0 cm³/mol. The Hall–Kier alpha value is -2.42. The van der Waals surface area contributed by atoms with E-state index in [1.807, 2.05) is 55.6 Å². The Morgan fingerprint density at radius 3 is 2.78 bits per heavy atom. The lowest BCUT2D eigenvalue weighted by molar-refractivity contribution is 0.480. The first-order chi connectivity index (χ1) is 8.72. The summed E-state index contributed by atoms with van der Waals surface area (Å²) in [5, 5.41) is 1.14. The Bertz CT molecular complexity index is 701. The molecular formula is C15H14N2O. The molecule has 0 bridgehead atoms. The van der Waals surface area contributed by atoms with Gasteiger partial charge in [0, 0.05) is 22.8 Å². The maximum atomic E-state index is 5.87. The van der Waals surface area contributed by atoms with Crippen LogP contribution in [0.2, 0.25) is 0 Å². The third kappa shape index (κ3) is 1.91. The highest BCUT2D eigenvalue weighted by Gasteiger charge is 2.03. The second-order valence-corrected chi connectivity index (χ2v) is 4.35. The number of rotatable bonds is 2. The predicted octanol–water partition coefficient (Wildman–Crippen LogP) is 3.85. The second kappa shape index (κ2) is 4.11. The molecule has 0 aliphatic heterocycles. The van der Waals surface area contributed by atoms with Gasteiger partial charge in [0.2, 0.25) is 0 Å². The summed E-state index contributed by atoms with van der Waals surface area (Å²) >= 11 is 0. The van der Waals surface area contributed by atoms with Crippen LogP contribution in [0.25, 0.3) is 10.9 Å². The van der Waals surface area contributed by atoms with Crippen LogP contribution >= 0.6 is 0 Å². The van der Waals surface area contributed by atoms with Gasteiger partial charge in [-0.15, -0.1) is 0 Å².